The van der Waals surface area contributed by atoms with Crippen LogP contribution in [0.3, 0.4) is 0 Å². The Hall–Kier alpha value is -2.63. The second kappa shape index (κ2) is 7.58. The molecule has 0 bridgehead atoms. The zero-order valence-electron chi connectivity index (χ0n) is 13.5. The van der Waals surface area contributed by atoms with Crippen LogP contribution in [0.2, 0.25) is 0 Å². The monoisotopic (exact) mass is 316 g/mol. The van der Waals surface area contributed by atoms with E-state index in [2.05, 4.69) is 4.98 Å². The van der Waals surface area contributed by atoms with Crippen molar-refractivity contribution in [2.75, 3.05) is 6.61 Å². The normalized spacial score (nSPS) is 10.6. The van der Waals surface area contributed by atoms with Gasteiger partial charge in [-0.15, -0.1) is 0 Å². The molecule has 0 fully saturated rings. The maximum atomic E-state index is 12.2. The number of ether oxygens (including phenoxy) is 2. The Morgan fingerprint density at radius 1 is 1.26 bits per heavy atom. The maximum absolute atomic E-state index is 12.2. The average Bonchev–Trinajstić information content (AvgIpc) is 2.55. The van der Waals surface area contributed by atoms with Gasteiger partial charge >= 0.3 is 5.97 Å². The van der Waals surface area contributed by atoms with Crippen molar-refractivity contribution in [1.29, 1.82) is 0 Å². The van der Waals surface area contributed by atoms with Crippen LogP contribution in [0.4, 0.5) is 0 Å². The van der Waals surface area contributed by atoms with Crippen LogP contribution in [-0.4, -0.2) is 22.1 Å². The van der Waals surface area contributed by atoms with Crippen LogP contribution < -0.4 is 10.3 Å². The van der Waals surface area contributed by atoms with Crippen LogP contribution in [0, 0.1) is 5.92 Å². The van der Waals surface area contributed by atoms with E-state index in [1.165, 1.54) is 10.9 Å². The molecule has 2 rings (SSSR count). The Labute approximate surface area is 134 Å². The first-order chi connectivity index (χ1) is 11.0. The Morgan fingerprint density at radius 3 is 2.61 bits per heavy atom. The van der Waals surface area contributed by atoms with E-state index in [1.807, 2.05) is 44.2 Å². The molecule has 1 aromatic heterocycles. The van der Waals surface area contributed by atoms with Crippen LogP contribution in [0.15, 0.2) is 41.5 Å². The van der Waals surface area contributed by atoms with Gasteiger partial charge in [0.05, 0.1) is 12.9 Å². The molecule has 0 aliphatic heterocycles. The summed E-state index contributed by atoms with van der Waals surface area (Å²) in [6, 6.07) is 9.38. The van der Waals surface area contributed by atoms with Gasteiger partial charge in [0, 0.05) is 7.05 Å². The molecular formula is C17H20N2O4. The fraction of sp³-hybridized carbons (Fsp3) is 0.353. The first-order valence-electron chi connectivity index (χ1n) is 7.38. The number of aromatic nitrogens is 2. The second-order valence-electron chi connectivity index (χ2n) is 5.60. The summed E-state index contributed by atoms with van der Waals surface area (Å²) in [7, 11) is 1.55. The smallest absolute Gasteiger partial charge is 0.361 e. The third kappa shape index (κ3) is 4.42. The summed E-state index contributed by atoms with van der Waals surface area (Å²) >= 11 is 0. The molecule has 0 aliphatic rings. The zero-order valence-corrected chi connectivity index (χ0v) is 13.5. The molecule has 0 unspecified atom stereocenters. The molecular weight excluding hydrogens is 296 g/mol. The number of aryl methyl sites for hydroxylation is 1. The summed E-state index contributed by atoms with van der Waals surface area (Å²) in [5.74, 6) is -0.550. The summed E-state index contributed by atoms with van der Waals surface area (Å²) < 4.78 is 12.0. The third-order valence-corrected chi connectivity index (χ3v) is 3.06. The highest BCUT2D eigenvalue weighted by molar-refractivity contribution is 5.90. The number of rotatable bonds is 6. The van der Waals surface area contributed by atoms with Crippen molar-refractivity contribution in [1.82, 2.24) is 9.55 Å². The minimum atomic E-state index is -0.653. The van der Waals surface area contributed by atoms with Gasteiger partial charge in [-0.05, 0) is 11.5 Å². The molecule has 0 radical (unpaired) electrons. The molecule has 6 heteroatoms. The maximum Gasteiger partial charge on any atom is 0.361 e. The summed E-state index contributed by atoms with van der Waals surface area (Å²) in [6.07, 6.45) is 1.28. The highest BCUT2D eigenvalue weighted by Gasteiger charge is 2.21. The number of hydrogen-bond acceptors (Lipinski definition) is 5. The molecule has 122 valence electrons. The molecule has 6 nitrogen and oxygen atoms in total. The van der Waals surface area contributed by atoms with E-state index in [0.717, 1.165) is 5.56 Å². The molecule has 0 saturated heterocycles. The van der Waals surface area contributed by atoms with Crippen molar-refractivity contribution in [3.05, 3.63) is 58.3 Å². The number of nitrogens with zero attached hydrogens (tertiary/aromatic N) is 2. The lowest BCUT2D eigenvalue weighted by Gasteiger charge is -2.12. The molecule has 23 heavy (non-hydrogen) atoms. The first-order valence-corrected chi connectivity index (χ1v) is 7.38. The van der Waals surface area contributed by atoms with Gasteiger partial charge in [0.25, 0.3) is 5.56 Å². The van der Waals surface area contributed by atoms with Gasteiger partial charge in [-0.2, -0.15) is 0 Å². The van der Waals surface area contributed by atoms with E-state index in [1.54, 1.807) is 7.05 Å². The minimum absolute atomic E-state index is 0.0902. The topological polar surface area (TPSA) is 70.4 Å². The van der Waals surface area contributed by atoms with Crippen LogP contribution in [0.25, 0.3) is 0 Å². The molecule has 0 amide bonds. The predicted octanol–water partition coefficient (Wildman–Crippen LogP) is 2.17. The Kier molecular flexibility index (Phi) is 5.51. The Morgan fingerprint density at radius 2 is 1.96 bits per heavy atom. The van der Waals surface area contributed by atoms with Crippen molar-refractivity contribution < 1.29 is 14.3 Å². The van der Waals surface area contributed by atoms with Gasteiger partial charge in [-0.1, -0.05) is 44.2 Å². The van der Waals surface area contributed by atoms with Crippen LogP contribution in [0.1, 0.15) is 29.9 Å². The lowest BCUT2D eigenvalue weighted by molar-refractivity contribution is 0.0445. The van der Waals surface area contributed by atoms with Gasteiger partial charge < -0.3 is 9.47 Å². The van der Waals surface area contributed by atoms with E-state index in [4.69, 9.17) is 9.47 Å². The highest BCUT2D eigenvalue weighted by atomic mass is 16.5. The fourth-order valence-electron chi connectivity index (χ4n) is 1.83. The van der Waals surface area contributed by atoms with Gasteiger partial charge in [-0.3, -0.25) is 9.36 Å². The molecule has 0 atom stereocenters. The summed E-state index contributed by atoms with van der Waals surface area (Å²) in [5, 5.41) is 0. The predicted molar refractivity (Wildman–Crippen MR) is 85.4 cm³/mol. The van der Waals surface area contributed by atoms with Gasteiger partial charge in [-0.25, -0.2) is 9.78 Å². The molecule has 1 aromatic carbocycles. The molecule has 0 aliphatic carbocycles. The summed E-state index contributed by atoms with van der Waals surface area (Å²) in [6.45, 7) is 4.29. The van der Waals surface area contributed by atoms with Crippen molar-refractivity contribution in [2.24, 2.45) is 13.0 Å². The summed E-state index contributed by atoms with van der Waals surface area (Å²) in [5.41, 5.74) is 0.372. The summed E-state index contributed by atoms with van der Waals surface area (Å²) in [4.78, 5) is 28.4. The fourth-order valence-corrected chi connectivity index (χ4v) is 1.83. The number of hydrogen-bond donors (Lipinski definition) is 0. The van der Waals surface area contributed by atoms with E-state index < -0.39 is 11.5 Å². The minimum Gasteiger partial charge on any atom is -0.481 e. The van der Waals surface area contributed by atoms with Crippen molar-refractivity contribution in [2.45, 2.75) is 20.5 Å². The first kappa shape index (κ1) is 16.7. The standard InChI is InChI=1S/C17H20N2O4/c1-12(2)9-23-17(21)14-15(16(20)19(3)11-18-14)22-10-13-7-5-4-6-8-13/h4-8,11-12H,9-10H2,1-3H3. The van der Waals surface area contributed by atoms with Crippen molar-refractivity contribution in [3.63, 3.8) is 0 Å². The lowest BCUT2D eigenvalue weighted by Crippen LogP contribution is -2.24. The van der Waals surface area contributed by atoms with Crippen LogP contribution in [0.5, 0.6) is 5.75 Å². The third-order valence-electron chi connectivity index (χ3n) is 3.06. The van der Waals surface area contributed by atoms with E-state index in [0.29, 0.717) is 0 Å². The number of esters is 1. The van der Waals surface area contributed by atoms with Crippen LogP contribution in [-0.2, 0) is 18.4 Å². The Bertz CT molecular complexity index is 723. The van der Waals surface area contributed by atoms with Crippen LogP contribution >= 0.6 is 0 Å². The molecule has 0 spiro atoms. The largest absolute Gasteiger partial charge is 0.481 e. The Balaban J connectivity index is 2.23. The lowest BCUT2D eigenvalue weighted by atomic mass is 10.2. The zero-order chi connectivity index (χ0) is 16.8. The highest BCUT2D eigenvalue weighted by Crippen LogP contribution is 2.14. The van der Waals surface area contributed by atoms with Gasteiger partial charge in [0.2, 0.25) is 5.75 Å². The quantitative estimate of drug-likeness (QED) is 0.764. The second-order valence-corrected chi connectivity index (χ2v) is 5.60. The van der Waals surface area contributed by atoms with Gasteiger partial charge in [0.1, 0.15) is 6.61 Å². The molecule has 1 heterocycles. The van der Waals surface area contributed by atoms with E-state index in [9.17, 15) is 9.59 Å². The van der Waals surface area contributed by atoms with Crippen molar-refractivity contribution in [3.8, 4) is 5.75 Å². The average molecular weight is 316 g/mol. The molecule has 2 aromatic rings. The SMILES string of the molecule is CC(C)COC(=O)c1ncn(C)c(=O)c1OCc1ccccc1. The van der Waals surface area contributed by atoms with E-state index >= 15 is 0 Å². The van der Waals surface area contributed by atoms with E-state index in [-0.39, 0.29) is 30.6 Å². The molecule has 0 N–H and O–H groups in total. The van der Waals surface area contributed by atoms with Crippen molar-refractivity contribution >= 4 is 5.97 Å². The number of carbonyl (C=O) groups excluding carboxylic acids is 1. The number of carbonyl (C=O) groups is 1. The van der Waals surface area contributed by atoms with Gasteiger partial charge in [0.15, 0.2) is 5.69 Å². The molecule has 0 saturated carbocycles. The number of benzene rings is 1.